The van der Waals surface area contributed by atoms with E-state index < -0.39 is 0 Å². The average Bonchev–Trinajstić information content (AvgIpc) is 2.68. The van der Waals surface area contributed by atoms with Crippen LogP contribution in [-0.4, -0.2) is 29.1 Å². The van der Waals surface area contributed by atoms with E-state index >= 15 is 0 Å². The minimum absolute atomic E-state index is 0.159. The van der Waals surface area contributed by atoms with E-state index in [1.807, 2.05) is 0 Å². The molecule has 2 aromatic heterocycles. The van der Waals surface area contributed by atoms with Crippen LogP contribution in [0.5, 0.6) is 0 Å². The summed E-state index contributed by atoms with van der Waals surface area (Å²) in [5.41, 5.74) is -0.159. The first kappa shape index (κ1) is 8.67. The van der Waals surface area contributed by atoms with Crippen molar-refractivity contribution in [3.8, 4) is 0 Å². The van der Waals surface area contributed by atoms with Crippen molar-refractivity contribution in [2.75, 3.05) is 0 Å². The van der Waals surface area contributed by atoms with Gasteiger partial charge in [0.05, 0.1) is 0 Å². The molecule has 0 saturated heterocycles. The molecule has 0 bridgehead atoms. The molecule has 2 rings (SSSR count). The maximum absolute atomic E-state index is 11.4. The van der Waals surface area contributed by atoms with Gasteiger partial charge in [-0.3, -0.25) is 9.25 Å². The van der Waals surface area contributed by atoms with Crippen LogP contribution in [-0.2, 0) is 20.6 Å². The van der Waals surface area contributed by atoms with Crippen molar-refractivity contribution < 1.29 is 0 Å². The zero-order valence-electron chi connectivity index (χ0n) is 7.95. The molecule has 0 amide bonds. The van der Waals surface area contributed by atoms with E-state index in [9.17, 15) is 4.79 Å². The van der Waals surface area contributed by atoms with Crippen LogP contribution in [0.25, 0.3) is 0 Å². The van der Waals surface area contributed by atoms with Crippen LogP contribution in [0.4, 0.5) is 0 Å². The van der Waals surface area contributed by atoms with Gasteiger partial charge in [-0.2, -0.15) is 10.2 Å². The lowest BCUT2D eigenvalue weighted by Gasteiger charge is -1.98. The topological polar surface area (TPSA) is 70.5 Å². The van der Waals surface area contributed by atoms with Gasteiger partial charge in [-0.25, -0.2) is 14.5 Å². The zero-order valence-corrected chi connectivity index (χ0v) is 7.95. The lowest BCUT2D eigenvalue weighted by molar-refractivity contribution is 0.586. The second kappa shape index (κ2) is 3.09. The SMILES string of the molecule is Cn1ncnc1Cn1ncn(C)c1=O. The Labute approximate surface area is 79.6 Å². The van der Waals surface area contributed by atoms with Crippen LogP contribution in [0, 0.1) is 0 Å². The third kappa shape index (κ3) is 1.32. The van der Waals surface area contributed by atoms with Crippen LogP contribution in [0.2, 0.25) is 0 Å². The minimum atomic E-state index is -0.159. The van der Waals surface area contributed by atoms with E-state index in [1.54, 1.807) is 18.8 Å². The van der Waals surface area contributed by atoms with Crippen molar-refractivity contribution >= 4 is 0 Å². The monoisotopic (exact) mass is 194 g/mol. The molecule has 0 fully saturated rings. The summed E-state index contributed by atoms with van der Waals surface area (Å²) >= 11 is 0. The Morgan fingerprint density at radius 3 is 2.64 bits per heavy atom. The predicted molar refractivity (Wildman–Crippen MR) is 47.6 cm³/mol. The van der Waals surface area contributed by atoms with Gasteiger partial charge in [0.2, 0.25) is 0 Å². The predicted octanol–water partition coefficient (Wildman–Crippen LogP) is -1.24. The van der Waals surface area contributed by atoms with Crippen LogP contribution < -0.4 is 5.69 Å². The van der Waals surface area contributed by atoms with Gasteiger partial charge in [0.25, 0.3) is 0 Å². The number of aromatic nitrogens is 6. The molecule has 0 spiro atoms. The van der Waals surface area contributed by atoms with Crippen LogP contribution >= 0.6 is 0 Å². The molecule has 14 heavy (non-hydrogen) atoms. The molecule has 0 radical (unpaired) electrons. The molecule has 0 aliphatic carbocycles. The van der Waals surface area contributed by atoms with Gasteiger partial charge in [0, 0.05) is 14.1 Å². The second-order valence-electron chi connectivity index (χ2n) is 2.98. The Kier molecular flexibility index (Phi) is 1.91. The first-order valence-corrected chi connectivity index (χ1v) is 4.10. The van der Waals surface area contributed by atoms with Gasteiger partial charge in [0.15, 0.2) is 0 Å². The highest BCUT2D eigenvalue weighted by Gasteiger charge is 2.05. The maximum Gasteiger partial charge on any atom is 0.345 e. The number of rotatable bonds is 2. The third-order valence-corrected chi connectivity index (χ3v) is 1.98. The lowest BCUT2D eigenvalue weighted by Crippen LogP contribution is -2.24. The van der Waals surface area contributed by atoms with Crippen molar-refractivity contribution in [2.45, 2.75) is 6.54 Å². The summed E-state index contributed by atoms with van der Waals surface area (Å²) in [5, 5.41) is 7.82. The van der Waals surface area contributed by atoms with E-state index in [4.69, 9.17) is 0 Å². The standard InChI is InChI=1S/C7H10N6O/c1-11-5-10-13(7(11)14)3-6-8-4-9-12(6)2/h4-5H,3H2,1-2H3. The molecular weight excluding hydrogens is 184 g/mol. The normalized spacial score (nSPS) is 10.7. The Bertz CT molecular complexity index is 492. The van der Waals surface area contributed by atoms with Gasteiger partial charge >= 0.3 is 5.69 Å². The van der Waals surface area contributed by atoms with E-state index in [0.717, 1.165) is 0 Å². The van der Waals surface area contributed by atoms with E-state index in [0.29, 0.717) is 12.4 Å². The lowest BCUT2D eigenvalue weighted by atomic mass is 10.6. The fourth-order valence-corrected chi connectivity index (χ4v) is 1.13. The Balaban J connectivity index is 2.32. The molecule has 74 valence electrons. The van der Waals surface area contributed by atoms with Crippen LogP contribution in [0.1, 0.15) is 5.82 Å². The highest BCUT2D eigenvalue weighted by atomic mass is 16.2. The smallest absolute Gasteiger partial charge is 0.285 e. The molecule has 0 aromatic carbocycles. The van der Waals surface area contributed by atoms with Crippen molar-refractivity contribution in [3.05, 3.63) is 29.0 Å². The highest BCUT2D eigenvalue weighted by molar-refractivity contribution is 4.84. The summed E-state index contributed by atoms with van der Waals surface area (Å²) in [5.74, 6) is 0.700. The van der Waals surface area contributed by atoms with Gasteiger partial charge in [-0.15, -0.1) is 0 Å². The van der Waals surface area contributed by atoms with E-state index in [2.05, 4.69) is 15.2 Å². The van der Waals surface area contributed by atoms with Gasteiger partial charge < -0.3 is 0 Å². The second-order valence-corrected chi connectivity index (χ2v) is 2.98. The molecule has 2 heterocycles. The average molecular weight is 194 g/mol. The molecule has 0 unspecified atom stereocenters. The number of hydrogen-bond donors (Lipinski definition) is 0. The molecule has 0 aliphatic heterocycles. The van der Waals surface area contributed by atoms with Crippen molar-refractivity contribution in [2.24, 2.45) is 14.1 Å². The molecular formula is C7H10N6O. The number of nitrogens with zero attached hydrogens (tertiary/aromatic N) is 6. The van der Waals surface area contributed by atoms with Gasteiger partial charge in [0.1, 0.15) is 25.0 Å². The maximum atomic E-state index is 11.4. The summed E-state index contributed by atoms with van der Waals surface area (Å²) in [6.45, 7) is 0.343. The summed E-state index contributed by atoms with van der Waals surface area (Å²) < 4.78 is 4.36. The molecule has 0 N–H and O–H groups in total. The minimum Gasteiger partial charge on any atom is -0.285 e. The fourth-order valence-electron chi connectivity index (χ4n) is 1.13. The van der Waals surface area contributed by atoms with Gasteiger partial charge in [-0.1, -0.05) is 0 Å². The Morgan fingerprint density at radius 2 is 2.14 bits per heavy atom. The quantitative estimate of drug-likeness (QED) is 0.599. The molecule has 7 heteroatoms. The summed E-state index contributed by atoms with van der Waals surface area (Å²) in [4.78, 5) is 15.4. The van der Waals surface area contributed by atoms with Gasteiger partial charge in [-0.05, 0) is 0 Å². The number of aryl methyl sites for hydroxylation is 2. The van der Waals surface area contributed by atoms with Crippen LogP contribution in [0.15, 0.2) is 17.4 Å². The highest BCUT2D eigenvalue weighted by Crippen LogP contribution is 1.91. The largest absolute Gasteiger partial charge is 0.345 e. The molecule has 0 aliphatic rings. The molecule has 2 aromatic rings. The van der Waals surface area contributed by atoms with Crippen molar-refractivity contribution in [3.63, 3.8) is 0 Å². The Morgan fingerprint density at radius 1 is 1.36 bits per heavy atom. The summed E-state index contributed by atoms with van der Waals surface area (Å²) in [7, 11) is 3.43. The Hall–Kier alpha value is -1.92. The molecule has 0 saturated carbocycles. The van der Waals surface area contributed by atoms with Crippen molar-refractivity contribution in [1.82, 2.24) is 29.1 Å². The third-order valence-electron chi connectivity index (χ3n) is 1.98. The first-order valence-electron chi connectivity index (χ1n) is 4.10. The van der Waals surface area contributed by atoms with Crippen molar-refractivity contribution in [1.29, 1.82) is 0 Å². The first-order chi connectivity index (χ1) is 6.68. The summed E-state index contributed by atoms with van der Waals surface area (Å²) in [6, 6.07) is 0. The van der Waals surface area contributed by atoms with Crippen LogP contribution in [0.3, 0.4) is 0 Å². The zero-order chi connectivity index (χ0) is 10.1. The van der Waals surface area contributed by atoms with E-state index in [1.165, 1.54) is 21.9 Å². The summed E-state index contributed by atoms with van der Waals surface area (Å²) in [6.07, 6.45) is 2.92. The number of hydrogen-bond acceptors (Lipinski definition) is 4. The molecule has 0 atom stereocenters. The fraction of sp³-hybridized carbons (Fsp3) is 0.429. The molecule has 7 nitrogen and oxygen atoms in total. The van der Waals surface area contributed by atoms with E-state index in [-0.39, 0.29) is 5.69 Å².